The monoisotopic (exact) mass is 267 g/mol. The molecule has 1 aromatic rings. The first-order chi connectivity index (χ1) is 7.57. The topological polar surface area (TPSA) is 28.2 Å². The summed E-state index contributed by atoms with van der Waals surface area (Å²) in [6.45, 7) is 3.29. The summed E-state index contributed by atoms with van der Waals surface area (Å²) in [5.41, 5.74) is -0.0964. The summed E-state index contributed by atoms with van der Waals surface area (Å²) in [6.07, 6.45) is -3.07. The molecule has 0 spiro atoms. The summed E-state index contributed by atoms with van der Waals surface area (Å²) in [7, 11) is 0. The van der Waals surface area contributed by atoms with Gasteiger partial charge in [0.25, 0.3) is 0 Å². The summed E-state index contributed by atoms with van der Waals surface area (Å²) in [5, 5.41) is 3.18. The van der Waals surface area contributed by atoms with E-state index in [-0.39, 0.29) is 12.4 Å². The lowest BCUT2D eigenvalue weighted by Crippen LogP contribution is -2.43. The minimum Gasteiger partial charge on any atom is -0.368 e. The van der Waals surface area contributed by atoms with Gasteiger partial charge in [-0.25, -0.2) is 4.98 Å². The van der Waals surface area contributed by atoms with Crippen LogP contribution < -0.4 is 10.2 Å². The highest BCUT2D eigenvalue weighted by Crippen LogP contribution is 2.28. The van der Waals surface area contributed by atoms with Crippen molar-refractivity contribution in [2.24, 2.45) is 0 Å². The second-order valence-electron chi connectivity index (χ2n) is 3.64. The second kappa shape index (κ2) is 5.55. The molecule has 0 saturated carbocycles. The van der Waals surface area contributed by atoms with E-state index in [2.05, 4.69) is 10.3 Å². The van der Waals surface area contributed by atoms with Gasteiger partial charge in [0.1, 0.15) is 5.69 Å². The van der Waals surface area contributed by atoms with Crippen LogP contribution in [0.2, 0.25) is 0 Å². The smallest absolute Gasteiger partial charge is 0.368 e. The molecule has 2 rings (SSSR count). The van der Waals surface area contributed by atoms with Crippen molar-refractivity contribution >= 4 is 18.1 Å². The van der Waals surface area contributed by atoms with E-state index in [4.69, 9.17) is 0 Å². The number of nitrogens with zero attached hydrogens (tertiary/aromatic N) is 2. The van der Waals surface area contributed by atoms with Gasteiger partial charge in [-0.1, -0.05) is 0 Å². The summed E-state index contributed by atoms with van der Waals surface area (Å²) in [5.74, 6) is 0. The van der Waals surface area contributed by atoms with Gasteiger partial charge in [0.15, 0.2) is 0 Å². The zero-order valence-corrected chi connectivity index (χ0v) is 9.81. The predicted molar refractivity (Wildman–Crippen MR) is 61.6 cm³/mol. The van der Waals surface area contributed by atoms with Crippen LogP contribution >= 0.6 is 12.4 Å². The molecule has 7 heteroatoms. The van der Waals surface area contributed by atoms with Crippen LogP contribution in [-0.4, -0.2) is 31.2 Å². The van der Waals surface area contributed by atoms with E-state index in [1.807, 2.05) is 4.90 Å². The molecule has 0 amide bonds. The van der Waals surface area contributed by atoms with Crippen LogP contribution in [0.15, 0.2) is 18.3 Å². The van der Waals surface area contributed by atoms with Crippen LogP contribution in [0.25, 0.3) is 0 Å². The molecule has 3 nitrogen and oxygen atoms in total. The zero-order chi connectivity index (χ0) is 11.6. The molecule has 1 aromatic heterocycles. The molecule has 2 heterocycles. The third kappa shape index (κ3) is 3.47. The van der Waals surface area contributed by atoms with Gasteiger partial charge in [-0.15, -0.1) is 12.4 Å². The van der Waals surface area contributed by atoms with Gasteiger partial charge in [0.05, 0.1) is 11.9 Å². The Kier molecular flexibility index (Phi) is 4.59. The number of hydrogen-bond acceptors (Lipinski definition) is 3. The Morgan fingerprint density at radius 1 is 1.18 bits per heavy atom. The molecule has 17 heavy (non-hydrogen) atoms. The molecule has 0 aromatic carbocycles. The molecular weight excluding hydrogens is 255 g/mol. The van der Waals surface area contributed by atoms with Crippen LogP contribution in [0, 0.1) is 0 Å². The number of pyridine rings is 1. The number of nitrogens with one attached hydrogen (secondary N) is 1. The van der Waals surface area contributed by atoms with Crippen molar-refractivity contribution in [1.29, 1.82) is 0 Å². The minimum atomic E-state index is -4.36. The molecule has 1 fully saturated rings. The fourth-order valence-corrected chi connectivity index (χ4v) is 1.66. The van der Waals surface area contributed by atoms with Crippen molar-refractivity contribution in [3.63, 3.8) is 0 Å². The number of piperazine rings is 1. The fraction of sp³-hybridized carbons (Fsp3) is 0.500. The van der Waals surface area contributed by atoms with Crippen molar-refractivity contribution in [2.75, 3.05) is 31.1 Å². The first-order valence-electron chi connectivity index (χ1n) is 5.06. The highest BCUT2D eigenvalue weighted by molar-refractivity contribution is 5.85. The number of rotatable bonds is 1. The Morgan fingerprint density at radius 3 is 2.29 bits per heavy atom. The van der Waals surface area contributed by atoms with Crippen LogP contribution in [0.3, 0.4) is 0 Å². The van der Waals surface area contributed by atoms with Crippen molar-refractivity contribution < 1.29 is 13.2 Å². The average molecular weight is 268 g/mol. The Bertz CT molecular complexity index is 347. The molecule has 1 aliphatic rings. The lowest BCUT2D eigenvalue weighted by molar-refractivity contribution is -0.141. The standard InChI is InChI=1S/C10H12F3N3.ClH/c11-10(12,13)9-2-1-8(7-15-9)16-5-3-14-4-6-16;/h1-2,7,14H,3-6H2;1H. The first-order valence-corrected chi connectivity index (χ1v) is 5.06. The Labute approximate surface area is 103 Å². The maximum absolute atomic E-state index is 12.3. The largest absolute Gasteiger partial charge is 0.433 e. The molecule has 1 aliphatic heterocycles. The number of alkyl halides is 3. The molecule has 0 aliphatic carbocycles. The Hall–Kier alpha value is -1.01. The predicted octanol–water partition coefficient (Wildman–Crippen LogP) is 1.93. The quantitative estimate of drug-likeness (QED) is 0.843. The minimum absolute atomic E-state index is 0. The average Bonchev–Trinajstić information content (AvgIpc) is 2.29. The maximum Gasteiger partial charge on any atom is 0.433 e. The fourth-order valence-electron chi connectivity index (χ4n) is 1.66. The van der Waals surface area contributed by atoms with Gasteiger partial charge < -0.3 is 10.2 Å². The van der Waals surface area contributed by atoms with Crippen LogP contribution in [-0.2, 0) is 6.18 Å². The molecule has 0 atom stereocenters. The van der Waals surface area contributed by atoms with E-state index < -0.39 is 11.9 Å². The normalized spacial score (nSPS) is 16.5. The molecule has 1 saturated heterocycles. The summed E-state index contributed by atoms with van der Waals surface area (Å²) in [6, 6.07) is 2.50. The van der Waals surface area contributed by atoms with E-state index in [0.29, 0.717) is 0 Å². The number of halogens is 4. The summed E-state index contributed by atoms with van der Waals surface area (Å²) < 4.78 is 36.8. The number of aromatic nitrogens is 1. The van der Waals surface area contributed by atoms with Gasteiger partial charge in [-0.3, -0.25) is 0 Å². The zero-order valence-electron chi connectivity index (χ0n) is 9.00. The number of anilines is 1. The Balaban J connectivity index is 0.00000144. The SMILES string of the molecule is Cl.FC(F)(F)c1ccc(N2CCNCC2)cn1. The summed E-state index contributed by atoms with van der Waals surface area (Å²) in [4.78, 5) is 5.46. The van der Waals surface area contributed by atoms with E-state index in [1.165, 1.54) is 12.3 Å². The van der Waals surface area contributed by atoms with Gasteiger partial charge in [-0.05, 0) is 12.1 Å². The molecule has 1 N–H and O–H groups in total. The van der Waals surface area contributed by atoms with Crippen molar-refractivity contribution in [2.45, 2.75) is 6.18 Å². The van der Waals surface area contributed by atoms with Gasteiger partial charge in [0.2, 0.25) is 0 Å². The third-order valence-corrected chi connectivity index (χ3v) is 2.52. The van der Waals surface area contributed by atoms with E-state index in [0.717, 1.165) is 37.9 Å². The van der Waals surface area contributed by atoms with Crippen molar-refractivity contribution in [1.82, 2.24) is 10.3 Å². The van der Waals surface area contributed by atoms with E-state index >= 15 is 0 Å². The first kappa shape index (κ1) is 14.1. The van der Waals surface area contributed by atoms with Crippen molar-refractivity contribution in [3.05, 3.63) is 24.0 Å². The molecule has 0 unspecified atom stereocenters. The van der Waals surface area contributed by atoms with E-state index in [1.54, 1.807) is 0 Å². The highest BCUT2D eigenvalue weighted by atomic mass is 35.5. The van der Waals surface area contributed by atoms with Gasteiger partial charge in [0, 0.05) is 26.2 Å². The van der Waals surface area contributed by atoms with Gasteiger partial charge in [-0.2, -0.15) is 13.2 Å². The molecule has 96 valence electrons. The lowest BCUT2D eigenvalue weighted by atomic mass is 10.2. The molecular formula is C10H13ClF3N3. The molecule has 0 radical (unpaired) electrons. The van der Waals surface area contributed by atoms with Crippen LogP contribution in [0.4, 0.5) is 18.9 Å². The van der Waals surface area contributed by atoms with Crippen LogP contribution in [0.1, 0.15) is 5.69 Å². The second-order valence-corrected chi connectivity index (χ2v) is 3.64. The Morgan fingerprint density at radius 2 is 1.82 bits per heavy atom. The van der Waals surface area contributed by atoms with Crippen LogP contribution in [0.5, 0.6) is 0 Å². The number of hydrogen-bond donors (Lipinski definition) is 1. The molecule has 0 bridgehead atoms. The van der Waals surface area contributed by atoms with Gasteiger partial charge >= 0.3 is 6.18 Å². The maximum atomic E-state index is 12.3. The summed E-state index contributed by atoms with van der Waals surface area (Å²) >= 11 is 0. The highest BCUT2D eigenvalue weighted by Gasteiger charge is 2.32. The van der Waals surface area contributed by atoms with Crippen molar-refractivity contribution in [3.8, 4) is 0 Å². The lowest BCUT2D eigenvalue weighted by Gasteiger charge is -2.29. The van der Waals surface area contributed by atoms with E-state index in [9.17, 15) is 13.2 Å². The third-order valence-electron chi connectivity index (χ3n) is 2.52.